The van der Waals surface area contributed by atoms with Crippen molar-refractivity contribution in [2.45, 2.75) is 28.7 Å². The largest absolute Gasteiger partial charge is 0.387 e. The summed E-state index contributed by atoms with van der Waals surface area (Å²) < 4.78 is 9.64. The summed E-state index contributed by atoms with van der Waals surface area (Å²) in [5, 5.41) is 18.4. The summed E-state index contributed by atoms with van der Waals surface area (Å²) in [7, 11) is 0. The van der Waals surface area contributed by atoms with Gasteiger partial charge in [-0.3, -0.25) is 0 Å². The fourth-order valence-electron chi connectivity index (χ4n) is 1.02. The summed E-state index contributed by atoms with van der Waals surface area (Å²) in [6.07, 6.45) is -2.16. The maximum atomic E-state index is 9.20. The molecule has 0 aliphatic carbocycles. The highest BCUT2D eigenvalue weighted by Gasteiger charge is 2.55. The Morgan fingerprint density at radius 2 is 1.80 bits per heavy atom. The van der Waals surface area contributed by atoms with Crippen LogP contribution in [0.1, 0.15) is 0 Å². The molecule has 5 atom stereocenters. The van der Waals surface area contributed by atoms with Crippen molar-refractivity contribution in [3.05, 3.63) is 0 Å². The van der Waals surface area contributed by atoms with E-state index < -0.39 is 12.2 Å². The summed E-state index contributed by atoms with van der Waals surface area (Å²) in [4.78, 5) is 0. The lowest BCUT2D eigenvalue weighted by molar-refractivity contribution is -0.0864. The minimum absolute atomic E-state index is 0.278. The Kier molecular flexibility index (Phi) is 1.65. The minimum atomic E-state index is -0.815. The highest BCUT2D eigenvalue weighted by Crippen LogP contribution is 2.37. The van der Waals surface area contributed by atoms with E-state index in [0.717, 1.165) is 0 Å². The van der Waals surface area contributed by atoms with Crippen molar-refractivity contribution in [1.82, 2.24) is 0 Å². The van der Waals surface area contributed by atoms with Crippen molar-refractivity contribution >= 4 is 22.6 Å². The van der Waals surface area contributed by atoms with E-state index in [9.17, 15) is 10.2 Å². The fourth-order valence-corrected chi connectivity index (χ4v) is 1.73. The van der Waals surface area contributed by atoms with Crippen LogP contribution in [0.4, 0.5) is 0 Å². The van der Waals surface area contributed by atoms with Crippen molar-refractivity contribution in [2.24, 2.45) is 0 Å². The van der Waals surface area contributed by atoms with Crippen LogP contribution in [0.2, 0.25) is 0 Å². The molecule has 4 nitrogen and oxygen atoms in total. The summed E-state index contributed by atoms with van der Waals surface area (Å²) in [6, 6.07) is 0. The number of halogens is 1. The number of alkyl halides is 1. The van der Waals surface area contributed by atoms with Crippen LogP contribution >= 0.6 is 22.6 Å². The number of aliphatic hydroxyl groups excluding tert-OH is 2. The monoisotopic (exact) mass is 258 g/mol. The van der Waals surface area contributed by atoms with Crippen LogP contribution in [-0.4, -0.2) is 38.9 Å². The van der Waals surface area contributed by atoms with E-state index in [1.54, 1.807) is 0 Å². The topological polar surface area (TPSA) is 62.2 Å². The van der Waals surface area contributed by atoms with Crippen LogP contribution in [0, 0.1) is 0 Å². The number of epoxide rings is 1. The van der Waals surface area contributed by atoms with Gasteiger partial charge in [-0.1, -0.05) is 0 Å². The van der Waals surface area contributed by atoms with Gasteiger partial charge in [-0.2, -0.15) is 0 Å². The predicted octanol–water partition coefficient (Wildman–Crippen LogP) is -0.776. The predicted molar refractivity (Wildman–Crippen MR) is 39.6 cm³/mol. The molecule has 0 saturated carbocycles. The van der Waals surface area contributed by atoms with E-state index in [1.165, 1.54) is 0 Å². The highest BCUT2D eigenvalue weighted by molar-refractivity contribution is 14.1. The molecule has 0 aromatic rings. The molecule has 0 aromatic carbocycles. The molecule has 2 N–H and O–H groups in total. The third-order valence-corrected chi connectivity index (χ3v) is 2.73. The third kappa shape index (κ3) is 0.964. The maximum absolute atomic E-state index is 9.20. The van der Waals surface area contributed by atoms with Gasteiger partial charge in [0.25, 0.3) is 0 Å². The Morgan fingerprint density at radius 1 is 1.10 bits per heavy atom. The van der Waals surface area contributed by atoms with E-state index >= 15 is 0 Å². The number of hydrogen-bond acceptors (Lipinski definition) is 4. The molecule has 0 radical (unpaired) electrons. The van der Waals surface area contributed by atoms with Crippen molar-refractivity contribution in [1.29, 1.82) is 0 Å². The molecule has 2 rings (SSSR count). The van der Waals surface area contributed by atoms with Gasteiger partial charge < -0.3 is 19.7 Å². The third-order valence-electron chi connectivity index (χ3n) is 1.70. The lowest BCUT2D eigenvalue weighted by atomic mass is 10.1. The average Bonchev–Trinajstić information content (AvgIpc) is 2.62. The Hall–Kier alpha value is 0.570. The van der Waals surface area contributed by atoms with E-state index in [2.05, 4.69) is 0 Å². The minimum Gasteiger partial charge on any atom is -0.387 e. The molecular formula is C5H7IO4. The first-order valence-electron chi connectivity index (χ1n) is 3.01. The van der Waals surface area contributed by atoms with Crippen molar-refractivity contribution in [3.63, 3.8) is 0 Å². The summed E-state index contributed by atoms with van der Waals surface area (Å²) in [5.41, 5.74) is 0. The molecular weight excluding hydrogens is 251 g/mol. The molecule has 2 unspecified atom stereocenters. The zero-order chi connectivity index (χ0) is 7.30. The van der Waals surface area contributed by atoms with Crippen molar-refractivity contribution in [3.8, 4) is 0 Å². The second-order valence-electron chi connectivity index (χ2n) is 2.44. The van der Waals surface area contributed by atoms with Gasteiger partial charge in [0.15, 0.2) is 6.29 Å². The standard InChI is InChI=1S/C5H7IO4/c6-4-2(8)1(7)3-5(9-3)10-4/h1-5,7-8H/t1?,2-,3+,4+,5?/m0/s1. The van der Waals surface area contributed by atoms with Gasteiger partial charge in [-0.25, -0.2) is 0 Å². The first-order valence-corrected chi connectivity index (χ1v) is 4.26. The Bertz CT molecular complexity index is 151. The molecule has 5 heteroatoms. The molecule has 0 bridgehead atoms. The zero-order valence-electron chi connectivity index (χ0n) is 4.98. The smallest absolute Gasteiger partial charge is 0.188 e. The van der Waals surface area contributed by atoms with E-state index in [1.807, 2.05) is 22.6 Å². The number of aliphatic hydroxyl groups is 2. The number of fused-ring (bicyclic) bond motifs is 1. The summed E-state index contributed by atoms with van der Waals surface area (Å²) in [5.74, 6) is 0. The lowest BCUT2D eigenvalue weighted by Crippen LogP contribution is -2.44. The van der Waals surface area contributed by atoms with Crippen LogP contribution in [0.3, 0.4) is 0 Å². The van der Waals surface area contributed by atoms with Gasteiger partial charge in [0.1, 0.15) is 22.4 Å². The number of rotatable bonds is 0. The number of hydrogen-bond donors (Lipinski definition) is 2. The molecule has 2 fully saturated rings. The van der Waals surface area contributed by atoms with Crippen LogP contribution in [0.25, 0.3) is 0 Å². The molecule has 0 amide bonds. The van der Waals surface area contributed by atoms with Crippen LogP contribution in [0.5, 0.6) is 0 Å². The second-order valence-corrected chi connectivity index (χ2v) is 3.67. The second kappa shape index (κ2) is 2.28. The first-order chi connectivity index (χ1) is 4.70. The molecule has 2 aliphatic rings. The van der Waals surface area contributed by atoms with Gasteiger partial charge in [-0.15, -0.1) is 0 Å². The summed E-state index contributed by atoms with van der Waals surface area (Å²) in [6.45, 7) is 0. The van der Waals surface area contributed by atoms with Crippen LogP contribution < -0.4 is 0 Å². The van der Waals surface area contributed by atoms with Gasteiger partial charge in [0.05, 0.1) is 0 Å². The fraction of sp³-hybridized carbons (Fsp3) is 1.00. The average molecular weight is 258 g/mol. The Balaban J connectivity index is 2.07. The quantitative estimate of drug-likeness (QED) is 0.340. The number of ether oxygens (including phenoxy) is 2. The van der Waals surface area contributed by atoms with Crippen molar-refractivity contribution in [2.75, 3.05) is 0 Å². The SMILES string of the molecule is OC1[C@H]2OC2O[C@@H](I)[C@H]1O. The molecule has 10 heavy (non-hydrogen) atoms. The van der Waals surface area contributed by atoms with Gasteiger partial charge in [0, 0.05) is 0 Å². The van der Waals surface area contributed by atoms with Gasteiger partial charge >= 0.3 is 0 Å². The normalized spacial score (nSPS) is 59.7. The molecule has 58 valence electrons. The molecule has 2 saturated heterocycles. The van der Waals surface area contributed by atoms with Gasteiger partial charge in [-0.05, 0) is 22.6 Å². The zero-order valence-corrected chi connectivity index (χ0v) is 7.13. The molecule has 2 heterocycles. The maximum Gasteiger partial charge on any atom is 0.188 e. The van der Waals surface area contributed by atoms with E-state index in [-0.39, 0.29) is 16.5 Å². The lowest BCUT2D eigenvalue weighted by Gasteiger charge is -2.24. The van der Waals surface area contributed by atoms with Crippen molar-refractivity contribution < 1.29 is 19.7 Å². The molecule has 0 spiro atoms. The van der Waals surface area contributed by atoms with Crippen LogP contribution in [-0.2, 0) is 9.47 Å². The van der Waals surface area contributed by atoms with E-state index in [0.29, 0.717) is 0 Å². The summed E-state index contributed by atoms with van der Waals surface area (Å²) >= 11 is 1.93. The molecule has 0 aromatic heterocycles. The van der Waals surface area contributed by atoms with Gasteiger partial charge in [0.2, 0.25) is 0 Å². The molecule has 2 aliphatic heterocycles. The van der Waals surface area contributed by atoms with E-state index in [4.69, 9.17) is 9.47 Å². The first kappa shape index (κ1) is 7.23. The Morgan fingerprint density at radius 3 is 2.50 bits per heavy atom. The van der Waals surface area contributed by atoms with Crippen LogP contribution in [0.15, 0.2) is 0 Å². The highest BCUT2D eigenvalue weighted by atomic mass is 127. The Labute approximate surface area is 71.3 Å².